The predicted molar refractivity (Wildman–Crippen MR) is 112 cm³/mol. The molecule has 3 rings (SSSR count). The lowest BCUT2D eigenvalue weighted by molar-refractivity contribution is -0.384. The Bertz CT molecular complexity index is 1120. The van der Waals surface area contributed by atoms with E-state index in [9.17, 15) is 19.7 Å². The van der Waals surface area contributed by atoms with Crippen LogP contribution in [0.1, 0.15) is 20.9 Å². The van der Waals surface area contributed by atoms with Crippen molar-refractivity contribution in [2.75, 3.05) is 5.32 Å². The third-order valence-corrected chi connectivity index (χ3v) is 4.82. The number of carbonyl (C=O) groups is 2. The van der Waals surface area contributed by atoms with Crippen molar-refractivity contribution in [1.29, 1.82) is 0 Å². The highest BCUT2D eigenvalue weighted by Crippen LogP contribution is 2.18. The molecular formula is C18H13ClN6O4S. The minimum Gasteiger partial charge on any atom is -0.296 e. The van der Waals surface area contributed by atoms with Gasteiger partial charge in [-0.2, -0.15) is 5.10 Å². The Balaban J connectivity index is 1.53. The van der Waals surface area contributed by atoms with Gasteiger partial charge in [0.25, 0.3) is 11.6 Å². The van der Waals surface area contributed by atoms with Crippen molar-refractivity contribution < 1.29 is 14.5 Å². The zero-order valence-electron chi connectivity index (χ0n) is 15.1. The average Bonchev–Trinajstić information content (AvgIpc) is 3.16. The second-order valence-electron chi connectivity index (χ2n) is 5.75. The lowest BCUT2D eigenvalue weighted by Gasteiger charge is -2.00. The fourth-order valence-corrected chi connectivity index (χ4v) is 3.13. The highest BCUT2D eigenvalue weighted by atomic mass is 35.5. The summed E-state index contributed by atoms with van der Waals surface area (Å²) in [6.45, 7) is 0. The van der Waals surface area contributed by atoms with E-state index in [1.807, 2.05) is 0 Å². The quantitative estimate of drug-likeness (QED) is 0.326. The molecule has 152 valence electrons. The molecule has 0 atom stereocenters. The first kappa shape index (κ1) is 21.0. The molecular weight excluding hydrogens is 432 g/mol. The second-order valence-corrected chi connectivity index (χ2v) is 7.22. The van der Waals surface area contributed by atoms with Gasteiger partial charge in [-0.05, 0) is 18.2 Å². The van der Waals surface area contributed by atoms with Crippen LogP contribution >= 0.6 is 22.9 Å². The smallest absolute Gasteiger partial charge is 0.269 e. The molecule has 0 radical (unpaired) electrons. The number of nitro groups is 1. The van der Waals surface area contributed by atoms with Gasteiger partial charge in [0.05, 0.1) is 17.6 Å². The Morgan fingerprint density at radius 1 is 1.17 bits per heavy atom. The van der Waals surface area contributed by atoms with E-state index in [2.05, 4.69) is 26.0 Å². The highest BCUT2D eigenvalue weighted by Gasteiger charge is 2.13. The van der Waals surface area contributed by atoms with Crippen molar-refractivity contribution in [1.82, 2.24) is 15.6 Å². The van der Waals surface area contributed by atoms with E-state index in [-0.39, 0.29) is 22.8 Å². The van der Waals surface area contributed by atoms with Gasteiger partial charge < -0.3 is 0 Å². The summed E-state index contributed by atoms with van der Waals surface area (Å²) in [5.74, 6) is -0.913. The normalized spacial score (nSPS) is 10.7. The van der Waals surface area contributed by atoms with Crippen LogP contribution in [0.3, 0.4) is 0 Å². The number of amides is 2. The van der Waals surface area contributed by atoms with Gasteiger partial charge in [0.2, 0.25) is 11.0 Å². The van der Waals surface area contributed by atoms with E-state index in [4.69, 9.17) is 11.6 Å². The molecule has 1 heterocycles. The van der Waals surface area contributed by atoms with Crippen LogP contribution in [-0.2, 0) is 11.2 Å². The number of benzene rings is 2. The monoisotopic (exact) mass is 444 g/mol. The van der Waals surface area contributed by atoms with Crippen molar-refractivity contribution in [3.63, 3.8) is 0 Å². The van der Waals surface area contributed by atoms with Crippen LogP contribution in [0, 0.1) is 10.1 Å². The fourth-order valence-electron chi connectivity index (χ4n) is 2.21. The first-order valence-electron chi connectivity index (χ1n) is 8.37. The maximum Gasteiger partial charge on any atom is 0.269 e. The number of non-ortho nitro benzene ring substituents is 1. The number of nitrogens with one attached hydrogen (secondary N) is 2. The van der Waals surface area contributed by atoms with Gasteiger partial charge in [0.15, 0.2) is 0 Å². The lowest BCUT2D eigenvalue weighted by atomic mass is 10.2. The highest BCUT2D eigenvalue weighted by molar-refractivity contribution is 7.15. The van der Waals surface area contributed by atoms with E-state index in [0.717, 1.165) is 11.3 Å². The molecule has 10 nitrogen and oxygen atoms in total. The summed E-state index contributed by atoms with van der Waals surface area (Å²) in [6, 6.07) is 12.2. The fraction of sp³-hybridized carbons (Fsp3) is 0.0556. The van der Waals surface area contributed by atoms with Crippen molar-refractivity contribution in [3.05, 3.63) is 79.8 Å². The number of hydrogen-bond acceptors (Lipinski definition) is 8. The Kier molecular flexibility index (Phi) is 6.78. The van der Waals surface area contributed by atoms with Crippen LogP contribution in [-0.4, -0.2) is 33.1 Å². The van der Waals surface area contributed by atoms with Crippen LogP contribution in [0.4, 0.5) is 10.8 Å². The first-order chi connectivity index (χ1) is 14.4. The van der Waals surface area contributed by atoms with Crippen LogP contribution in [0.25, 0.3) is 0 Å². The van der Waals surface area contributed by atoms with Gasteiger partial charge in [0.1, 0.15) is 5.01 Å². The number of hydrazone groups is 1. The number of halogens is 1. The Morgan fingerprint density at radius 3 is 2.60 bits per heavy atom. The molecule has 0 saturated heterocycles. The van der Waals surface area contributed by atoms with Gasteiger partial charge in [-0.1, -0.05) is 41.1 Å². The van der Waals surface area contributed by atoms with E-state index in [1.165, 1.54) is 30.5 Å². The summed E-state index contributed by atoms with van der Waals surface area (Å²) >= 11 is 7.02. The van der Waals surface area contributed by atoms with Gasteiger partial charge in [-0.15, -0.1) is 10.2 Å². The molecule has 1 aromatic heterocycles. The van der Waals surface area contributed by atoms with Crippen molar-refractivity contribution >= 4 is 51.8 Å². The molecule has 2 aromatic carbocycles. The van der Waals surface area contributed by atoms with Gasteiger partial charge in [-0.3, -0.25) is 25.0 Å². The van der Waals surface area contributed by atoms with Crippen LogP contribution in [0.5, 0.6) is 0 Å². The zero-order chi connectivity index (χ0) is 21.5. The molecule has 3 aromatic rings. The minimum absolute atomic E-state index is 0.0784. The minimum atomic E-state index is -0.553. The largest absolute Gasteiger partial charge is 0.296 e. The van der Waals surface area contributed by atoms with Gasteiger partial charge in [0, 0.05) is 28.3 Å². The molecule has 0 saturated carbocycles. The summed E-state index contributed by atoms with van der Waals surface area (Å²) in [5, 5.41) is 25.8. The maximum absolute atomic E-state index is 12.2. The van der Waals surface area contributed by atoms with Crippen molar-refractivity contribution in [2.45, 2.75) is 6.42 Å². The van der Waals surface area contributed by atoms with E-state index < -0.39 is 16.7 Å². The summed E-state index contributed by atoms with van der Waals surface area (Å²) in [5.41, 5.74) is 3.13. The van der Waals surface area contributed by atoms with Crippen molar-refractivity contribution in [2.24, 2.45) is 5.10 Å². The standard InChI is InChI=1S/C18H13ClN6O4S/c19-14-4-2-1-3-12(14)10-20-22-15(26)9-16-23-24-18(30-16)21-17(27)11-5-7-13(8-6-11)25(28)29/h1-8,10H,9H2,(H,22,26)(H,21,24,27)/b20-10-. The Hall–Kier alpha value is -3.70. The molecule has 0 spiro atoms. The second kappa shape index (κ2) is 9.67. The number of nitrogens with zero attached hydrogens (tertiary/aromatic N) is 4. The average molecular weight is 445 g/mol. The molecule has 2 N–H and O–H groups in total. The molecule has 0 aliphatic carbocycles. The lowest BCUT2D eigenvalue weighted by Crippen LogP contribution is -2.19. The molecule has 0 unspecified atom stereocenters. The Morgan fingerprint density at radius 2 is 1.90 bits per heavy atom. The molecule has 0 fully saturated rings. The molecule has 0 aliphatic rings. The summed E-state index contributed by atoms with van der Waals surface area (Å²) in [6.07, 6.45) is 1.35. The van der Waals surface area contributed by atoms with E-state index in [1.54, 1.807) is 24.3 Å². The van der Waals surface area contributed by atoms with Crippen molar-refractivity contribution in [3.8, 4) is 0 Å². The molecule has 0 bridgehead atoms. The van der Waals surface area contributed by atoms with Gasteiger partial charge in [-0.25, -0.2) is 5.43 Å². The summed E-state index contributed by atoms with van der Waals surface area (Å²) in [7, 11) is 0. The van der Waals surface area contributed by atoms with Crippen LogP contribution in [0.2, 0.25) is 5.02 Å². The third kappa shape index (κ3) is 5.65. The Labute approximate surface area is 178 Å². The molecule has 2 amide bonds. The van der Waals surface area contributed by atoms with E-state index in [0.29, 0.717) is 15.6 Å². The number of carbonyl (C=O) groups excluding carboxylic acids is 2. The number of rotatable bonds is 7. The summed E-state index contributed by atoms with van der Waals surface area (Å²) < 4.78 is 0. The predicted octanol–water partition coefficient (Wildman–Crippen LogP) is 3.04. The SMILES string of the molecule is O=C(Cc1nnc(NC(=O)c2ccc([N+](=O)[O-])cc2)s1)N/N=C\c1ccccc1Cl. The van der Waals surface area contributed by atoms with Gasteiger partial charge >= 0.3 is 0 Å². The molecule has 30 heavy (non-hydrogen) atoms. The maximum atomic E-state index is 12.2. The van der Waals surface area contributed by atoms with Crippen LogP contribution in [0.15, 0.2) is 53.6 Å². The summed E-state index contributed by atoms with van der Waals surface area (Å²) in [4.78, 5) is 34.2. The number of nitro benzene ring substituents is 1. The van der Waals surface area contributed by atoms with E-state index >= 15 is 0 Å². The van der Waals surface area contributed by atoms with Crippen LogP contribution < -0.4 is 10.7 Å². The first-order valence-corrected chi connectivity index (χ1v) is 9.56. The molecule has 12 heteroatoms. The topological polar surface area (TPSA) is 139 Å². The number of hydrogen-bond donors (Lipinski definition) is 2. The molecule has 0 aliphatic heterocycles. The number of anilines is 1. The zero-order valence-corrected chi connectivity index (χ0v) is 16.7. The third-order valence-electron chi connectivity index (χ3n) is 3.64. The number of aromatic nitrogens is 2.